The van der Waals surface area contributed by atoms with E-state index in [0.717, 1.165) is 37.2 Å². The Kier molecular flexibility index (Phi) is 4.69. The number of carbonyl (C=O) groups excluding carboxylic acids is 1. The minimum Gasteiger partial charge on any atom is -0.396 e. The Hall–Kier alpha value is -0.0200. The molecule has 0 aromatic rings. The van der Waals surface area contributed by atoms with Gasteiger partial charge in [-0.25, -0.2) is 0 Å². The molecule has 1 fully saturated rings. The molecule has 1 saturated heterocycles. The molecule has 0 aromatic heterocycles. The number of thioether (sulfide) groups is 1. The lowest BCUT2D eigenvalue weighted by atomic mass is 10.00. The normalized spacial score (nSPS) is 23.4. The number of hydrogen-bond donors (Lipinski definition) is 1. The van der Waals surface area contributed by atoms with Gasteiger partial charge >= 0.3 is 0 Å². The van der Waals surface area contributed by atoms with Crippen molar-refractivity contribution in [1.29, 1.82) is 0 Å². The van der Waals surface area contributed by atoms with Gasteiger partial charge in [-0.05, 0) is 12.8 Å². The second-order valence-corrected chi connectivity index (χ2v) is 4.28. The third kappa shape index (κ3) is 3.15. The summed E-state index contributed by atoms with van der Waals surface area (Å²) in [6.07, 6.45) is 4.07. The average Bonchev–Trinajstić information content (AvgIpc) is 2.46. The van der Waals surface area contributed by atoms with Gasteiger partial charge in [0.25, 0.3) is 0 Å². The van der Waals surface area contributed by atoms with Gasteiger partial charge in [-0.1, -0.05) is 12.8 Å². The highest BCUT2D eigenvalue weighted by atomic mass is 32.2. The average molecular weight is 188 g/mol. The molecule has 1 aliphatic rings. The van der Waals surface area contributed by atoms with Crippen LogP contribution in [0.2, 0.25) is 0 Å². The molecule has 0 saturated carbocycles. The van der Waals surface area contributed by atoms with Crippen LogP contribution in [0.15, 0.2) is 0 Å². The fourth-order valence-electron chi connectivity index (χ4n) is 1.44. The zero-order valence-electron chi connectivity index (χ0n) is 7.29. The van der Waals surface area contributed by atoms with Crippen LogP contribution in [0.5, 0.6) is 0 Å². The zero-order chi connectivity index (χ0) is 8.81. The number of carbonyl (C=O) groups is 1. The molecule has 3 heteroatoms. The highest BCUT2D eigenvalue weighted by Gasteiger charge is 2.23. The summed E-state index contributed by atoms with van der Waals surface area (Å²) in [5.74, 6) is 2.51. The van der Waals surface area contributed by atoms with E-state index in [1.807, 2.05) is 0 Å². The van der Waals surface area contributed by atoms with E-state index in [1.165, 1.54) is 0 Å². The molecular formula is C9H16O2S. The van der Waals surface area contributed by atoms with Gasteiger partial charge < -0.3 is 5.11 Å². The standard InChI is InChI=1S/C9H16O2S/c10-5-3-1-2-4-8-6-12-7-9(8)11/h8,10H,1-7H2. The quantitative estimate of drug-likeness (QED) is 0.664. The Balaban J connectivity index is 2.02. The molecule has 2 nitrogen and oxygen atoms in total. The highest BCUT2D eigenvalue weighted by molar-refractivity contribution is 8.00. The molecule has 1 N–H and O–H groups in total. The van der Waals surface area contributed by atoms with Crippen molar-refractivity contribution in [3.05, 3.63) is 0 Å². The Bertz CT molecular complexity index is 147. The van der Waals surface area contributed by atoms with Crippen LogP contribution in [0.25, 0.3) is 0 Å². The van der Waals surface area contributed by atoms with Crippen LogP contribution in [0, 0.1) is 5.92 Å². The molecule has 0 radical (unpaired) electrons. The van der Waals surface area contributed by atoms with Crippen molar-refractivity contribution < 1.29 is 9.90 Å². The summed E-state index contributed by atoms with van der Waals surface area (Å²) in [5, 5.41) is 8.54. The first-order valence-electron chi connectivity index (χ1n) is 4.56. The lowest BCUT2D eigenvalue weighted by Crippen LogP contribution is -2.10. The molecule has 0 aromatic carbocycles. The zero-order valence-corrected chi connectivity index (χ0v) is 8.11. The molecule has 0 aliphatic carbocycles. The van der Waals surface area contributed by atoms with E-state index in [1.54, 1.807) is 11.8 Å². The van der Waals surface area contributed by atoms with Crippen LogP contribution < -0.4 is 0 Å². The maximum absolute atomic E-state index is 11.2. The lowest BCUT2D eigenvalue weighted by Gasteiger charge is -2.05. The maximum atomic E-state index is 11.2. The topological polar surface area (TPSA) is 37.3 Å². The highest BCUT2D eigenvalue weighted by Crippen LogP contribution is 2.24. The number of Topliss-reactive ketones (excluding diaryl/α,β-unsaturated/α-hetero) is 1. The first-order chi connectivity index (χ1) is 5.84. The summed E-state index contributed by atoms with van der Waals surface area (Å²) in [4.78, 5) is 11.2. The van der Waals surface area contributed by atoms with Gasteiger partial charge in [0, 0.05) is 18.3 Å². The van der Waals surface area contributed by atoms with Gasteiger partial charge in [0.15, 0.2) is 0 Å². The predicted octanol–water partition coefficient (Wildman–Crippen LogP) is 1.47. The number of aliphatic hydroxyl groups excluding tert-OH is 1. The van der Waals surface area contributed by atoms with Crippen molar-refractivity contribution in [3.63, 3.8) is 0 Å². The fraction of sp³-hybridized carbons (Fsp3) is 0.889. The molecule has 1 unspecified atom stereocenters. The summed E-state index contributed by atoms with van der Waals surface area (Å²) < 4.78 is 0. The second-order valence-electron chi connectivity index (χ2n) is 3.25. The molecule has 1 atom stereocenters. The number of rotatable bonds is 5. The van der Waals surface area contributed by atoms with Crippen molar-refractivity contribution in [2.24, 2.45) is 5.92 Å². The fourth-order valence-corrected chi connectivity index (χ4v) is 2.63. The van der Waals surface area contributed by atoms with Gasteiger partial charge in [0.1, 0.15) is 5.78 Å². The minimum absolute atomic E-state index is 0.285. The maximum Gasteiger partial charge on any atom is 0.146 e. The minimum atomic E-state index is 0.285. The summed E-state index contributed by atoms with van der Waals surface area (Å²) in [6.45, 7) is 0.285. The number of unbranched alkanes of at least 4 members (excludes halogenated alkanes) is 2. The smallest absolute Gasteiger partial charge is 0.146 e. The molecule has 0 bridgehead atoms. The van der Waals surface area contributed by atoms with Crippen molar-refractivity contribution in [1.82, 2.24) is 0 Å². The van der Waals surface area contributed by atoms with Crippen LogP contribution in [0.4, 0.5) is 0 Å². The number of hydrogen-bond acceptors (Lipinski definition) is 3. The third-order valence-electron chi connectivity index (χ3n) is 2.23. The van der Waals surface area contributed by atoms with E-state index in [-0.39, 0.29) is 6.61 Å². The Morgan fingerprint density at radius 3 is 2.83 bits per heavy atom. The summed E-state index contributed by atoms with van der Waals surface area (Å²) >= 11 is 1.76. The Morgan fingerprint density at radius 2 is 2.25 bits per heavy atom. The van der Waals surface area contributed by atoms with Crippen LogP contribution >= 0.6 is 11.8 Å². The van der Waals surface area contributed by atoms with Crippen molar-refractivity contribution in [2.45, 2.75) is 25.7 Å². The molecule has 12 heavy (non-hydrogen) atoms. The first-order valence-corrected chi connectivity index (χ1v) is 5.71. The second kappa shape index (κ2) is 5.60. The Morgan fingerprint density at radius 1 is 1.42 bits per heavy atom. The van der Waals surface area contributed by atoms with Gasteiger partial charge in [-0.3, -0.25) is 4.79 Å². The van der Waals surface area contributed by atoms with E-state index in [4.69, 9.17) is 5.11 Å². The summed E-state index contributed by atoms with van der Waals surface area (Å²) in [7, 11) is 0. The van der Waals surface area contributed by atoms with Crippen molar-refractivity contribution >= 4 is 17.5 Å². The summed E-state index contributed by atoms with van der Waals surface area (Å²) in [5.41, 5.74) is 0. The van der Waals surface area contributed by atoms with E-state index < -0.39 is 0 Å². The molecule has 1 heterocycles. The van der Waals surface area contributed by atoms with E-state index >= 15 is 0 Å². The molecule has 1 rings (SSSR count). The van der Waals surface area contributed by atoms with Gasteiger partial charge in [-0.2, -0.15) is 11.8 Å². The SMILES string of the molecule is O=C1CSCC1CCCCCO. The van der Waals surface area contributed by atoms with E-state index in [0.29, 0.717) is 11.7 Å². The predicted molar refractivity (Wildman–Crippen MR) is 51.4 cm³/mol. The molecule has 0 spiro atoms. The first kappa shape index (κ1) is 10.1. The van der Waals surface area contributed by atoms with Crippen LogP contribution in [0.1, 0.15) is 25.7 Å². The van der Waals surface area contributed by atoms with Crippen LogP contribution in [-0.4, -0.2) is 29.0 Å². The largest absolute Gasteiger partial charge is 0.396 e. The molecule has 0 amide bonds. The van der Waals surface area contributed by atoms with E-state index in [2.05, 4.69) is 0 Å². The monoisotopic (exact) mass is 188 g/mol. The van der Waals surface area contributed by atoms with Crippen molar-refractivity contribution in [3.8, 4) is 0 Å². The van der Waals surface area contributed by atoms with E-state index in [9.17, 15) is 4.79 Å². The molecule has 70 valence electrons. The lowest BCUT2D eigenvalue weighted by molar-refractivity contribution is -0.119. The van der Waals surface area contributed by atoms with Gasteiger partial charge in [-0.15, -0.1) is 0 Å². The van der Waals surface area contributed by atoms with Gasteiger partial charge in [0.05, 0.1) is 5.75 Å². The number of ketones is 1. The van der Waals surface area contributed by atoms with Gasteiger partial charge in [0.2, 0.25) is 0 Å². The van der Waals surface area contributed by atoms with Crippen LogP contribution in [0.3, 0.4) is 0 Å². The summed E-state index contributed by atoms with van der Waals surface area (Å²) in [6, 6.07) is 0. The van der Waals surface area contributed by atoms with Crippen molar-refractivity contribution in [2.75, 3.05) is 18.1 Å². The molecular weight excluding hydrogens is 172 g/mol. The van der Waals surface area contributed by atoms with Crippen LogP contribution in [-0.2, 0) is 4.79 Å². The third-order valence-corrected chi connectivity index (χ3v) is 3.36. The molecule has 1 aliphatic heterocycles. The Labute approximate surface area is 77.7 Å². The number of aliphatic hydroxyl groups is 1.